The molecule has 2 aromatic carbocycles. The van der Waals surface area contributed by atoms with E-state index in [1.807, 2.05) is 30.3 Å². The fourth-order valence-corrected chi connectivity index (χ4v) is 4.47. The van der Waals surface area contributed by atoms with E-state index < -0.39 is 24.4 Å². The maximum Gasteiger partial charge on any atom is 0.315 e. The van der Waals surface area contributed by atoms with Gasteiger partial charge in [-0.3, -0.25) is 9.59 Å². The summed E-state index contributed by atoms with van der Waals surface area (Å²) in [6.45, 7) is 0.442. The van der Waals surface area contributed by atoms with Crippen molar-refractivity contribution in [3.8, 4) is 11.1 Å². The van der Waals surface area contributed by atoms with Gasteiger partial charge in [0.05, 0.1) is 12.1 Å². The van der Waals surface area contributed by atoms with Gasteiger partial charge in [-0.2, -0.15) is 8.78 Å². The number of nitrogens with zero attached hydrogens (tertiary/aromatic N) is 1. The minimum absolute atomic E-state index is 0.00863. The van der Waals surface area contributed by atoms with E-state index in [1.54, 1.807) is 11.0 Å². The lowest BCUT2D eigenvalue weighted by molar-refractivity contribution is -0.140. The molecule has 0 radical (unpaired) electrons. The number of hydrogen-bond donors (Lipinski definition) is 1. The molecule has 2 aliphatic rings. The highest BCUT2D eigenvalue weighted by Crippen LogP contribution is 2.33. The number of benzene rings is 2. The predicted molar refractivity (Wildman–Crippen MR) is 111 cm³/mol. The standard InChI is InChI=1S/C24H25F3N2O2/c25-19-9-3-8-18(14-19)17-7-1-4-15(12-17)13-21-20(28-23(30)22(26)27)10-11-29(21)24(31)16-5-2-6-16/h1,3-4,7-9,12,14,16,20-22H,2,5-6,10-11,13H2,(H,28,30)/t20-,21-/m1/s1. The zero-order valence-electron chi connectivity index (χ0n) is 17.1. The maximum atomic E-state index is 13.6. The minimum atomic E-state index is -3.09. The van der Waals surface area contributed by atoms with Crippen LogP contribution in [-0.2, 0) is 16.0 Å². The summed E-state index contributed by atoms with van der Waals surface area (Å²) in [5.74, 6) is -1.59. The second-order valence-corrected chi connectivity index (χ2v) is 8.35. The third kappa shape index (κ3) is 4.75. The Kier molecular flexibility index (Phi) is 6.30. The summed E-state index contributed by atoms with van der Waals surface area (Å²) in [5, 5.41) is 2.43. The Hall–Kier alpha value is -2.83. The molecule has 2 fully saturated rings. The molecule has 1 saturated carbocycles. The van der Waals surface area contributed by atoms with Crippen molar-refractivity contribution in [2.45, 2.75) is 50.6 Å². The van der Waals surface area contributed by atoms with Crippen molar-refractivity contribution in [3.63, 3.8) is 0 Å². The van der Waals surface area contributed by atoms with Crippen molar-refractivity contribution in [1.82, 2.24) is 10.2 Å². The van der Waals surface area contributed by atoms with Crippen LogP contribution in [-0.4, -0.2) is 41.8 Å². The van der Waals surface area contributed by atoms with E-state index in [9.17, 15) is 22.8 Å². The summed E-state index contributed by atoms with van der Waals surface area (Å²) in [5.41, 5.74) is 2.47. The summed E-state index contributed by atoms with van der Waals surface area (Å²) >= 11 is 0. The van der Waals surface area contributed by atoms with Crippen molar-refractivity contribution < 1.29 is 22.8 Å². The number of rotatable bonds is 6. The molecule has 1 aliphatic carbocycles. The zero-order valence-corrected chi connectivity index (χ0v) is 17.1. The van der Waals surface area contributed by atoms with E-state index in [2.05, 4.69) is 5.32 Å². The first-order valence-electron chi connectivity index (χ1n) is 10.7. The molecule has 1 N–H and O–H groups in total. The molecular formula is C24H25F3N2O2. The third-order valence-electron chi connectivity index (χ3n) is 6.34. The van der Waals surface area contributed by atoms with Crippen LogP contribution < -0.4 is 5.32 Å². The van der Waals surface area contributed by atoms with Crippen LogP contribution in [0.2, 0.25) is 0 Å². The lowest BCUT2D eigenvalue weighted by Crippen LogP contribution is -2.50. The molecule has 164 valence electrons. The largest absolute Gasteiger partial charge is 0.346 e. The number of carbonyl (C=O) groups is 2. The Morgan fingerprint density at radius 3 is 2.39 bits per heavy atom. The second kappa shape index (κ2) is 9.12. The van der Waals surface area contributed by atoms with Crippen LogP contribution in [0.5, 0.6) is 0 Å². The molecule has 0 unspecified atom stereocenters. The Bertz CT molecular complexity index is 961. The van der Waals surface area contributed by atoms with Gasteiger partial charge < -0.3 is 10.2 Å². The van der Waals surface area contributed by atoms with Gasteiger partial charge in [-0.1, -0.05) is 42.8 Å². The van der Waals surface area contributed by atoms with Gasteiger partial charge in [-0.25, -0.2) is 4.39 Å². The molecule has 31 heavy (non-hydrogen) atoms. The quantitative estimate of drug-likeness (QED) is 0.747. The molecule has 1 heterocycles. The first-order valence-corrected chi connectivity index (χ1v) is 10.7. The highest BCUT2D eigenvalue weighted by Gasteiger charge is 2.41. The van der Waals surface area contributed by atoms with E-state index in [0.717, 1.165) is 36.0 Å². The van der Waals surface area contributed by atoms with Gasteiger partial charge in [0, 0.05) is 12.5 Å². The lowest BCUT2D eigenvalue weighted by atomic mass is 9.84. The van der Waals surface area contributed by atoms with Crippen LogP contribution in [0.1, 0.15) is 31.2 Å². The minimum Gasteiger partial charge on any atom is -0.346 e. The van der Waals surface area contributed by atoms with Gasteiger partial charge in [0.2, 0.25) is 5.91 Å². The van der Waals surface area contributed by atoms with Crippen molar-refractivity contribution in [2.75, 3.05) is 6.54 Å². The van der Waals surface area contributed by atoms with Crippen molar-refractivity contribution in [3.05, 3.63) is 59.9 Å². The number of likely N-dealkylation sites (tertiary alicyclic amines) is 1. The van der Waals surface area contributed by atoms with E-state index >= 15 is 0 Å². The van der Waals surface area contributed by atoms with E-state index in [4.69, 9.17) is 0 Å². The van der Waals surface area contributed by atoms with Crippen LogP contribution >= 0.6 is 0 Å². The summed E-state index contributed by atoms with van der Waals surface area (Å²) in [6.07, 6.45) is 0.515. The molecule has 2 atom stereocenters. The number of alkyl halides is 2. The van der Waals surface area contributed by atoms with Crippen LogP contribution in [0.4, 0.5) is 13.2 Å². The van der Waals surface area contributed by atoms with E-state index in [1.165, 1.54) is 12.1 Å². The maximum absolute atomic E-state index is 13.6. The number of hydrogen-bond acceptors (Lipinski definition) is 2. The monoisotopic (exact) mass is 430 g/mol. The van der Waals surface area contributed by atoms with Gasteiger partial charge in [-0.15, -0.1) is 0 Å². The normalized spacial score (nSPS) is 21.2. The Morgan fingerprint density at radius 1 is 1.03 bits per heavy atom. The Labute approximate surface area is 179 Å². The summed E-state index contributed by atoms with van der Waals surface area (Å²) in [7, 11) is 0. The number of nitrogens with one attached hydrogen (secondary N) is 1. The zero-order chi connectivity index (χ0) is 22.0. The van der Waals surface area contributed by atoms with Crippen LogP contribution in [0.25, 0.3) is 11.1 Å². The number of amides is 2. The van der Waals surface area contributed by atoms with Crippen LogP contribution in [0.3, 0.4) is 0 Å². The molecule has 0 aromatic heterocycles. The summed E-state index contributed by atoms with van der Waals surface area (Å²) in [6, 6.07) is 12.9. The molecule has 2 aromatic rings. The molecule has 0 spiro atoms. The molecule has 2 amide bonds. The average Bonchev–Trinajstić information content (AvgIpc) is 3.09. The van der Waals surface area contributed by atoms with Crippen molar-refractivity contribution in [2.24, 2.45) is 5.92 Å². The first kappa shape index (κ1) is 21.4. The molecular weight excluding hydrogens is 405 g/mol. The third-order valence-corrected chi connectivity index (χ3v) is 6.34. The fourth-order valence-electron chi connectivity index (χ4n) is 4.47. The van der Waals surface area contributed by atoms with Gasteiger partial charge >= 0.3 is 6.43 Å². The molecule has 4 rings (SSSR count). The average molecular weight is 430 g/mol. The number of carbonyl (C=O) groups excluding carboxylic acids is 2. The van der Waals surface area contributed by atoms with Gasteiger partial charge in [-0.05, 0) is 54.5 Å². The number of halogens is 3. The lowest BCUT2D eigenvalue weighted by Gasteiger charge is -2.34. The predicted octanol–water partition coefficient (Wildman–Crippen LogP) is 4.19. The van der Waals surface area contributed by atoms with Crippen LogP contribution in [0.15, 0.2) is 48.5 Å². The first-order chi connectivity index (χ1) is 14.9. The molecule has 4 nitrogen and oxygen atoms in total. The molecule has 0 bridgehead atoms. The highest BCUT2D eigenvalue weighted by atomic mass is 19.3. The van der Waals surface area contributed by atoms with E-state index in [-0.39, 0.29) is 17.6 Å². The fraction of sp³-hybridized carbons (Fsp3) is 0.417. The van der Waals surface area contributed by atoms with Gasteiger partial charge in [0.25, 0.3) is 5.91 Å². The Morgan fingerprint density at radius 2 is 1.74 bits per heavy atom. The highest BCUT2D eigenvalue weighted by molar-refractivity contribution is 5.82. The molecule has 1 saturated heterocycles. The second-order valence-electron chi connectivity index (χ2n) is 8.35. The van der Waals surface area contributed by atoms with Gasteiger partial charge in [0.15, 0.2) is 0 Å². The van der Waals surface area contributed by atoms with E-state index in [0.29, 0.717) is 19.4 Å². The van der Waals surface area contributed by atoms with Crippen LogP contribution in [0, 0.1) is 11.7 Å². The topological polar surface area (TPSA) is 49.4 Å². The molecule has 1 aliphatic heterocycles. The van der Waals surface area contributed by atoms with Crippen molar-refractivity contribution >= 4 is 11.8 Å². The van der Waals surface area contributed by atoms with Gasteiger partial charge in [0.1, 0.15) is 5.82 Å². The SMILES string of the molecule is O=C(N[C@@H]1CCN(C(=O)C2CCC2)[C@@H]1Cc1cccc(-c2cccc(F)c2)c1)C(F)F. The summed E-state index contributed by atoms with van der Waals surface area (Å²) < 4.78 is 39.3. The molecule has 7 heteroatoms. The summed E-state index contributed by atoms with van der Waals surface area (Å²) in [4.78, 5) is 26.3. The van der Waals surface area contributed by atoms with Crippen molar-refractivity contribution in [1.29, 1.82) is 0 Å². The smallest absolute Gasteiger partial charge is 0.315 e. The Balaban J connectivity index is 1.57.